The fourth-order valence-electron chi connectivity index (χ4n) is 3.57. The number of amides is 1. The molecule has 1 aliphatic rings. The Balaban J connectivity index is 1.92. The molecule has 0 bridgehead atoms. The Bertz CT molecular complexity index is 744. The van der Waals surface area contributed by atoms with Crippen molar-refractivity contribution in [2.75, 3.05) is 26.8 Å². The number of likely N-dealkylation sites (tertiary alicyclic amines) is 1. The minimum Gasteiger partial charge on any atom is -0.383 e. The highest BCUT2D eigenvalue weighted by Crippen LogP contribution is 2.26. The lowest BCUT2D eigenvalue weighted by molar-refractivity contribution is -0.931. The van der Waals surface area contributed by atoms with Gasteiger partial charge in [0, 0.05) is 31.4 Å². The molecule has 2 heterocycles. The number of hydrogen-bond acceptors (Lipinski definition) is 5. The van der Waals surface area contributed by atoms with E-state index in [0.29, 0.717) is 18.2 Å². The Morgan fingerprint density at radius 2 is 2.15 bits per heavy atom. The van der Waals surface area contributed by atoms with Gasteiger partial charge in [0.2, 0.25) is 11.7 Å². The molecule has 0 spiro atoms. The van der Waals surface area contributed by atoms with Crippen LogP contribution >= 0.6 is 11.6 Å². The Morgan fingerprint density at radius 1 is 1.42 bits per heavy atom. The van der Waals surface area contributed by atoms with Gasteiger partial charge in [-0.3, -0.25) is 4.79 Å². The molecule has 3 rings (SSSR count). The van der Waals surface area contributed by atoms with E-state index in [2.05, 4.69) is 15.5 Å². The van der Waals surface area contributed by atoms with E-state index in [-0.39, 0.29) is 17.9 Å². The summed E-state index contributed by atoms with van der Waals surface area (Å²) in [5.41, 5.74) is 6.46. The number of aromatic nitrogens is 4. The number of benzene rings is 1. The van der Waals surface area contributed by atoms with Gasteiger partial charge in [0.15, 0.2) is 6.04 Å². The number of quaternary nitrogens is 1. The maximum atomic E-state index is 11.5. The van der Waals surface area contributed by atoms with Crippen molar-refractivity contribution >= 4 is 17.5 Å². The minimum absolute atomic E-state index is 0.0601. The summed E-state index contributed by atoms with van der Waals surface area (Å²) in [7, 11) is 1.65. The highest BCUT2D eigenvalue weighted by Gasteiger charge is 2.36. The summed E-state index contributed by atoms with van der Waals surface area (Å²) in [6, 6.07) is 7.65. The molecule has 1 aromatic heterocycles. The third kappa shape index (κ3) is 4.03. The molecule has 1 saturated heterocycles. The van der Waals surface area contributed by atoms with Crippen LogP contribution in [0.5, 0.6) is 0 Å². The first-order chi connectivity index (χ1) is 12.6. The zero-order valence-corrected chi connectivity index (χ0v) is 15.5. The van der Waals surface area contributed by atoms with Gasteiger partial charge in [-0.1, -0.05) is 29.8 Å². The molecule has 1 aliphatic heterocycles. The second-order valence-corrected chi connectivity index (χ2v) is 6.95. The van der Waals surface area contributed by atoms with Gasteiger partial charge in [-0.05, 0) is 16.5 Å². The van der Waals surface area contributed by atoms with E-state index in [1.54, 1.807) is 11.8 Å². The monoisotopic (exact) mass is 379 g/mol. The molecule has 26 heavy (non-hydrogen) atoms. The van der Waals surface area contributed by atoms with E-state index in [1.807, 2.05) is 24.3 Å². The summed E-state index contributed by atoms with van der Waals surface area (Å²) in [5.74, 6) is 0.473. The molecular weight excluding hydrogens is 356 g/mol. The number of halogens is 1. The highest BCUT2D eigenvalue weighted by atomic mass is 35.5. The first-order valence-electron chi connectivity index (χ1n) is 8.75. The van der Waals surface area contributed by atoms with Crippen LogP contribution in [-0.4, -0.2) is 52.9 Å². The average molecular weight is 380 g/mol. The normalized spacial score (nSPS) is 21.5. The first-order valence-corrected chi connectivity index (χ1v) is 9.13. The van der Waals surface area contributed by atoms with Crippen LogP contribution in [0, 0.1) is 5.92 Å². The molecule has 0 saturated carbocycles. The number of nitrogens with two attached hydrogens (primary N) is 1. The second-order valence-electron chi connectivity index (χ2n) is 6.54. The van der Waals surface area contributed by atoms with E-state index in [0.717, 1.165) is 37.3 Å². The summed E-state index contributed by atoms with van der Waals surface area (Å²) in [6.45, 7) is 2.70. The smallest absolute Gasteiger partial charge is 0.220 e. The number of ether oxygens (including phenoxy) is 1. The SMILES string of the molecule is COCCn1nnnc1[C@H](c1ccccc1Cl)[NH+]1CCC(C(N)=O)CC1. The zero-order chi connectivity index (χ0) is 18.5. The van der Waals surface area contributed by atoms with Gasteiger partial charge in [0.05, 0.1) is 31.3 Å². The largest absolute Gasteiger partial charge is 0.383 e. The second kappa shape index (κ2) is 8.57. The molecule has 1 atom stereocenters. The molecule has 8 nitrogen and oxygen atoms in total. The van der Waals surface area contributed by atoms with Crippen LogP contribution in [-0.2, 0) is 16.1 Å². The van der Waals surface area contributed by atoms with Gasteiger partial charge in [-0.15, -0.1) is 5.10 Å². The van der Waals surface area contributed by atoms with Crippen LogP contribution in [0.3, 0.4) is 0 Å². The molecule has 1 amide bonds. The van der Waals surface area contributed by atoms with Crippen molar-refractivity contribution < 1.29 is 14.4 Å². The molecule has 1 fully saturated rings. The number of nitrogens with one attached hydrogen (secondary N) is 1. The van der Waals surface area contributed by atoms with Gasteiger partial charge in [0.1, 0.15) is 0 Å². The fraction of sp³-hybridized carbons (Fsp3) is 0.529. The molecule has 2 aromatic rings. The van der Waals surface area contributed by atoms with Crippen LogP contribution in [0.2, 0.25) is 5.02 Å². The van der Waals surface area contributed by atoms with Crippen molar-refractivity contribution in [3.63, 3.8) is 0 Å². The Kier molecular flexibility index (Phi) is 6.18. The van der Waals surface area contributed by atoms with E-state index in [4.69, 9.17) is 22.1 Å². The van der Waals surface area contributed by atoms with Gasteiger partial charge in [-0.2, -0.15) is 0 Å². The predicted molar refractivity (Wildman–Crippen MR) is 95.6 cm³/mol. The van der Waals surface area contributed by atoms with Crippen molar-refractivity contribution in [3.8, 4) is 0 Å². The first kappa shape index (κ1) is 18.8. The number of hydrogen-bond donors (Lipinski definition) is 2. The van der Waals surface area contributed by atoms with Crippen molar-refractivity contribution in [1.29, 1.82) is 0 Å². The number of primary amides is 1. The van der Waals surface area contributed by atoms with Gasteiger partial charge in [0.25, 0.3) is 0 Å². The Hall–Kier alpha value is -2.03. The van der Waals surface area contributed by atoms with Crippen molar-refractivity contribution in [1.82, 2.24) is 20.2 Å². The number of rotatable bonds is 7. The summed E-state index contributed by atoms with van der Waals surface area (Å²) >= 11 is 6.50. The maximum absolute atomic E-state index is 11.5. The molecule has 0 unspecified atom stereocenters. The number of carbonyl (C=O) groups excluding carboxylic acids is 1. The summed E-state index contributed by atoms with van der Waals surface area (Å²) in [5, 5.41) is 13.0. The van der Waals surface area contributed by atoms with Crippen molar-refractivity contribution in [3.05, 3.63) is 40.7 Å². The lowest BCUT2D eigenvalue weighted by Gasteiger charge is -2.33. The molecular formula is C17H24ClN6O2+. The fourth-order valence-corrected chi connectivity index (χ4v) is 3.81. The number of piperidine rings is 1. The quantitative estimate of drug-likeness (QED) is 0.696. The third-order valence-corrected chi connectivity index (χ3v) is 5.32. The van der Waals surface area contributed by atoms with Gasteiger partial charge >= 0.3 is 0 Å². The molecule has 0 radical (unpaired) electrons. The Morgan fingerprint density at radius 3 is 2.81 bits per heavy atom. The van der Waals surface area contributed by atoms with Crippen LogP contribution in [0.1, 0.15) is 30.3 Å². The summed E-state index contributed by atoms with van der Waals surface area (Å²) in [6.07, 6.45) is 1.51. The van der Waals surface area contributed by atoms with Gasteiger partial charge in [-0.25, -0.2) is 4.68 Å². The zero-order valence-electron chi connectivity index (χ0n) is 14.8. The maximum Gasteiger partial charge on any atom is 0.220 e. The van der Waals surface area contributed by atoms with E-state index in [1.165, 1.54) is 4.90 Å². The van der Waals surface area contributed by atoms with Crippen LogP contribution in [0.15, 0.2) is 24.3 Å². The standard InChI is InChI=1S/C17H23ClN6O2/c1-26-11-10-24-17(20-21-22-24)15(13-4-2-3-5-14(13)18)23-8-6-12(7-9-23)16(19)25/h2-5,12,15H,6-11H2,1H3,(H2,19,25)/p+1/t15-/m0/s1. The van der Waals surface area contributed by atoms with Crippen LogP contribution in [0.25, 0.3) is 0 Å². The number of methoxy groups -OCH3 is 1. The number of tetrazole rings is 1. The van der Waals surface area contributed by atoms with Crippen LogP contribution < -0.4 is 10.6 Å². The predicted octanol–water partition coefficient (Wildman–Crippen LogP) is -0.157. The number of nitrogens with zero attached hydrogens (tertiary/aromatic N) is 4. The average Bonchev–Trinajstić information content (AvgIpc) is 3.10. The van der Waals surface area contributed by atoms with Crippen LogP contribution in [0.4, 0.5) is 0 Å². The highest BCUT2D eigenvalue weighted by molar-refractivity contribution is 6.31. The van der Waals surface area contributed by atoms with E-state index in [9.17, 15) is 4.79 Å². The minimum atomic E-state index is -0.219. The molecule has 9 heteroatoms. The topological polar surface area (TPSA) is 100 Å². The summed E-state index contributed by atoms with van der Waals surface area (Å²) in [4.78, 5) is 12.8. The molecule has 0 aliphatic carbocycles. The lowest BCUT2D eigenvalue weighted by Crippen LogP contribution is -3.13. The molecule has 140 valence electrons. The lowest BCUT2D eigenvalue weighted by atomic mass is 9.93. The van der Waals surface area contributed by atoms with Crippen molar-refractivity contribution in [2.45, 2.75) is 25.4 Å². The Labute approximate surface area is 157 Å². The van der Waals surface area contributed by atoms with E-state index < -0.39 is 0 Å². The molecule has 3 N–H and O–H groups in total. The van der Waals surface area contributed by atoms with Gasteiger partial charge < -0.3 is 15.4 Å². The molecule has 1 aromatic carbocycles. The van der Waals surface area contributed by atoms with Crippen molar-refractivity contribution in [2.24, 2.45) is 11.7 Å². The number of carbonyl (C=O) groups is 1. The third-order valence-electron chi connectivity index (χ3n) is 4.98. The summed E-state index contributed by atoms with van der Waals surface area (Å²) < 4.78 is 6.93. The van der Waals surface area contributed by atoms with E-state index >= 15 is 0 Å².